The highest BCUT2D eigenvalue weighted by Crippen LogP contribution is 2.16. The van der Waals surface area contributed by atoms with Gasteiger partial charge in [-0.2, -0.15) is 0 Å². The molecule has 1 atom stereocenters. The van der Waals surface area contributed by atoms with Crippen molar-refractivity contribution in [2.45, 2.75) is 26.2 Å². The maximum Gasteiger partial charge on any atom is 0.143 e. The molecule has 1 aliphatic rings. The van der Waals surface area contributed by atoms with Gasteiger partial charge in [0.15, 0.2) is 0 Å². The minimum absolute atomic E-state index is 0.179. The Morgan fingerprint density at radius 3 is 3.00 bits per heavy atom. The lowest BCUT2D eigenvalue weighted by atomic mass is 10.0. The lowest BCUT2D eigenvalue weighted by Gasteiger charge is -1.99. The first kappa shape index (κ1) is 8.25. The van der Waals surface area contributed by atoms with E-state index in [4.69, 9.17) is 0 Å². The summed E-state index contributed by atoms with van der Waals surface area (Å²) >= 11 is 0. The number of ketones is 1. The summed E-state index contributed by atoms with van der Waals surface area (Å²) in [6.45, 7) is 2.10. The molecule has 1 aliphatic carbocycles. The van der Waals surface area contributed by atoms with Crippen LogP contribution in [0.2, 0.25) is 0 Å². The summed E-state index contributed by atoms with van der Waals surface area (Å²) in [5.74, 6) is 0.545. The molecular formula is C10H14O. The van der Waals surface area contributed by atoms with E-state index in [1.165, 1.54) is 0 Å². The summed E-state index contributed by atoms with van der Waals surface area (Å²) in [7, 11) is 0. The first-order chi connectivity index (χ1) is 5.34. The van der Waals surface area contributed by atoms with Crippen molar-refractivity contribution in [3.05, 3.63) is 24.3 Å². The lowest BCUT2D eigenvalue weighted by Crippen LogP contribution is -2.04. The molecule has 0 radical (unpaired) electrons. The highest BCUT2D eigenvalue weighted by molar-refractivity contribution is 5.86. The molecule has 1 rings (SSSR count). The van der Waals surface area contributed by atoms with Gasteiger partial charge in [-0.25, -0.2) is 0 Å². The van der Waals surface area contributed by atoms with Gasteiger partial charge in [0.2, 0.25) is 0 Å². The number of hydrogen-bond acceptors (Lipinski definition) is 1. The van der Waals surface area contributed by atoms with Gasteiger partial charge in [0.25, 0.3) is 0 Å². The highest BCUT2D eigenvalue weighted by Gasteiger charge is 2.16. The molecule has 1 heteroatoms. The average molecular weight is 150 g/mol. The Hall–Kier alpha value is -0.850. The highest BCUT2D eigenvalue weighted by atomic mass is 16.1. The van der Waals surface area contributed by atoms with E-state index in [1.54, 1.807) is 0 Å². The Balaban J connectivity index is 2.31. The largest absolute Gasteiger partial charge is 0.299 e. The molecule has 0 aromatic rings. The Kier molecular flexibility index (Phi) is 3.09. The Bertz CT molecular complexity index is 189. The van der Waals surface area contributed by atoms with Crippen molar-refractivity contribution in [2.24, 2.45) is 5.92 Å². The molecule has 0 aliphatic heterocycles. The molecule has 0 bridgehead atoms. The normalized spacial score (nSPS) is 23.7. The predicted molar refractivity (Wildman–Crippen MR) is 46.3 cm³/mol. The molecule has 0 amide bonds. The molecule has 0 fully saturated rings. The second-order valence-electron chi connectivity index (χ2n) is 2.82. The number of carbonyl (C=O) groups excluding carboxylic acids is 1. The fourth-order valence-electron chi connectivity index (χ4n) is 1.23. The van der Waals surface area contributed by atoms with Crippen molar-refractivity contribution in [2.75, 3.05) is 0 Å². The summed E-state index contributed by atoms with van der Waals surface area (Å²) in [4.78, 5) is 11.1. The van der Waals surface area contributed by atoms with E-state index < -0.39 is 0 Å². The molecule has 11 heavy (non-hydrogen) atoms. The molecule has 0 aromatic carbocycles. The third-order valence-corrected chi connectivity index (χ3v) is 1.89. The van der Waals surface area contributed by atoms with E-state index in [0.29, 0.717) is 12.2 Å². The fraction of sp³-hybridized carbons (Fsp3) is 0.500. The topological polar surface area (TPSA) is 17.1 Å². The molecule has 1 nitrogen and oxygen atoms in total. The smallest absolute Gasteiger partial charge is 0.143 e. The van der Waals surface area contributed by atoms with E-state index in [1.807, 2.05) is 12.2 Å². The molecule has 0 heterocycles. The molecule has 0 saturated carbocycles. The SMILES string of the molecule is CC/C=C/CC1C=CCC1=O. The third kappa shape index (κ3) is 2.34. The van der Waals surface area contributed by atoms with Crippen LogP contribution in [0.25, 0.3) is 0 Å². The van der Waals surface area contributed by atoms with Gasteiger partial charge < -0.3 is 0 Å². The van der Waals surface area contributed by atoms with Crippen LogP contribution in [0.3, 0.4) is 0 Å². The standard InChI is InChI=1S/C10H14O/c1-2-3-4-6-9-7-5-8-10(9)11/h3-5,7,9H,2,6,8H2,1H3/b4-3+. The molecular weight excluding hydrogens is 136 g/mol. The number of rotatable bonds is 3. The molecule has 0 aromatic heterocycles. The first-order valence-electron chi connectivity index (χ1n) is 4.19. The Morgan fingerprint density at radius 2 is 2.45 bits per heavy atom. The summed E-state index contributed by atoms with van der Waals surface area (Å²) in [6.07, 6.45) is 10.8. The van der Waals surface area contributed by atoms with Crippen LogP contribution in [0.15, 0.2) is 24.3 Å². The van der Waals surface area contributed by atoms with E-state index >= 15 is 0 Å². The van der Waals surface area contributed by atoms with Crippen LogP contribution in [0.4, 0.5) is 0 Å². The first-order valence-corrected chi connectivity index (χ1v) is 4.19. The fourth-order valence-corrected chi connectivity index (χ4v) is 1.23. The summed E-state index contributed by atoms with van der Waals surface area (Å²) in [6, 6.07) is 0. The van der Waals surface area contributed by atoms with Crippen LogP contribution >= 0.6 is 0 Å². The van der Waals surface area contributed by atoms with Crippen molar-refractivity contribution in [3.8, 4) is 0 Å². The van der Waals surface area contributed by atoms with Crippen molar-refractivity contribution in [1.82, 2.24) is 0 Å². The summed E-state index contributed by atoms with van der Waals surface area (Å²) in [5, 5.41) is 0. The van der Waals surface area contributed by atoms with Crippen molar-refractivity contribution in [1.29, 1.82) is 0 Å². The van der Waals surface area contributed by atoms with E-state index in [0.717, 1.165) is 12.8 Å². The average Bonchev–Trinajstić information content (AvgIpc) is 2.37. The van der Waals surface area contributed by atoms with Gasteiger partial charge in [-0.15, -0.1) is 0 Å². The van der Waals surface area contributed by atoms with Gasteiger partial charge in [-0.3, -0.25) is 4.79 Å². The minimum Gasteiger partial charge on any atom is -0.299 e. The monoisotopic (exact) mass is 150 g/mol. The lowest BCUT2D eigenvalue weighted by molar-refractivity contribution is -0.119. The van der Waals surface area contributed by atoms with Crippen LogP contribution in [-0.2, 0) is 4.79 Å². The van der Waals surface area contributed by atoms with Gasteiger partial charge in [0, 0.05) is 12.3 Å². The van der Waals surface area contributed by atoms with Gasteiger partial charge in [-0.05, 0) is 12.8 Å². The van der Waals surface area contributed by atoms with Crippen molar-refractivity contribution in [3.63, 3.8) is 0 Å². The second kappa shape index (κ2) is 4.12. The number of allylic oxidation sites excluding steroid dienone is 4. The van der Waals surface area contributed by atoms with Crippen LogP contribution in [0.5, 0.6) is 0 Å². The zero-order valence-electron chi connectivity index (χ0n) is 6.92. The van der Waals surface area contributed by atoms with Crippen LogP contribution in [0, 0.1) is 5.92 Å². The van der Waals surface area contributed by atoms with Gasteiger partial charge in [-0.1, -0.05) is 31.2 Å². The predicted octanol–water partition coefficient (Wildman–Crippen LogP) is 2.49. The Labute approximate surface area is 67.8 Å². The molecule has 0 spiro atoms. The van der Waals surface area contributed by atoms with E-state index in [2.05, 4.69) is 19.1 Å². The zero-order chi connectivity index (χ0) is 8.10. The van der Waals surface area contributed by atoms with Crippen LogP contribution in [0.1, 0.15) is 26.2 Å². The number of carbonyl (C=O) groups is 1. The molecule has 60 valence electrons. The van der Waals surface area contributed by atoms with Gasteiger partial charge >= 0.3 is 0 Å². The van der Waals surface area contributed by atoms with Gasteiger partial charge in [0.1, 0.15) is 5.78 Å². The maximum atomic E-state index is 11.1. The van der Waals surface area contributed by atoms with E-state index in [9.17, 15) is 4.79 Å². The van der Waals surface area contributed by atoms with E-state index in [-0.39, 0.29) is 5.92 Å². The second-order valence-corrected chi connectivity index (χ2v) is 2.82. The quantitative estimate of drug-likeness (QED) is 0.565. The number of Topliss-reactive ketones (excluding diaryl/α,β-unsaturated/α-hetero) is 1. The summed E-state index contributed by atoms with van der Waals surface area (Å²) in [5.41, 5.74) is 0. The van der Waals surface area contributed by atoms with Crippen LogP contribution in [-0.4, -0.2) is 5.78 Å². The Morgan fingerprint density at radius 1 is 1.64 bits per heavy atom. The van der Waals surface area contributed by atoms with Gasteiger partial charge in [0.05, 0.1) is 0 Å². The molecule has 0 N–H and O–H groups in total. The molecule has 1 unspecified atom stereocenters. The third-order valence-electron chi connectivity index (χ3n) is 1.89. The molecule has 0 saturated heterocycles. The van der Waals surface area contributed by atoms with Crippen LogP contribution < -0.4 is 0 Å². The number of hydrogen-bond donors (Lipinski definition) is 0. The summed E-state index contributed by atoms with van der Waals surface area (Å²) < 4.78 is 0. The maximum absolute atomic E-state index is 11.1. The van der Waals surface area contributed by atoms with Crippen molar-refractivity contribution >= 4 is 5.78 Å². The zero-order valence-corrected chi connectivity index (χ0v) is 6.92. The van der Waals surface area contributed by atoms with Crippen molar-refractivity contribution < 1.29 is 4.79 Å². The minimum atomic E-state index is 0.179.